The number of aromatic nitrogens is 2. The van der Waals surface area contributed by atoms with Crippen LogP contribution in [0.5, 0.6) is 0 Å². The summed E-state index contributed by atoms with van der Waals surface area (Å²) in [5.41, 5.74) is 1.85. The van der Waals surface area contributed by atoms with Gasteiger partial charge in [0.25, 0.3) is 5.91 Å². The average molecular weight is 480 g/mol. The van der Waals surface area contributed by atoms with Crippen LogP contribution in [0.15, 0.2) is 29.2 Å². The molecule has 0 spiro atoms. The fourth-order valence-corrected chi connectivity index (χ4v) is 4.81. The molecule has 4 rings (SSSR count). The molecule has 1 fully saturated rings. The van der Waals surface area contributed by atoms with Gasteiger partial charge in [0, 0.05) is 31.6 Å². The minimum absolute atomic E-state index is 0.0573. The van der Waals surface area contributed by atoms with Crippen LogP contribution in [0.3, 0.4) is 0 Å². The largest absolute Gasteiger partial charge is 0.354 e. The number of hydrogen-bond acceptors (Lipinski definition) is 6. The number of alkyl halides is 2. The van der Waals surface area contributed by atoms with Gasteiger partial charge in [0.15, 0.2) is 11.5 Å². The number of carbonyl (C=O) groups is 1. The van der Waals surface area contributed by atoms with Crippen LogP contribution in [0, 0.1) is 0 Å². The van der Waals surface area contributed by atoms with E-state index in [9.17, 15) is 22.0 Å². The summed E-state index contributed by atoms with van der Waals surface area (Å²) in [7, 11) is -3.94. The molecule has 11 heteroatoms. The molecule has 3 N–H and O–H groups in total. The van der Waals surface area contributed by atoms with Crippen molar-refractivity contribution in [3.63, 3.8) is 0 Å². The lowest BCUT2D eigenvalue weighted by Crippen LogP contribution is -2.31. The molecule has 0 bridgehead atoms. The van der Waals surface area contributed by atoms with E-state index in [1.165, 1.54) is 24.3 Å². The predicted molar refractivity (Wildman–Crippen MR) is 120 cm³/mol. The molecule has 1 aromatic heterocycles. The van der Waals surface area contributed by atoms with Crippen molar-refractivity contribution in [3.8, 4) is 0 Å². The highest BCUT2D eigenvalue weighted by Crippen LogP contribution is 2.31. The summed E-state index contributed by atoms with van der Waals surface area (Å²) in [4.78, 5) is 24.2. The van der Waals surface area contributed by atoms with E-state index in [0.717, 1.165) is 37.1 Å². The summed E-state index contributed by atoms with van der Waals surface area (Å²) in [6, 6.07) is 5.60. The van der Waals surface area contributed by atoms with Gasteiger partial charge in [-0.3, -0.25) is 4.79 Å². The molecule has 8 nitrogen and oxygen atoms in total. The van der Waals surface area contributed by atoms with Crippen LogP contribution >= 0.6 is 0 Å². The molecule has 1 aromatic carbocycles. The maximum Gasteiger partial charge on any atom is 0.278 e. The van der Waals surface area contributed by atoms with Gasteiger partial charge in [0.2, 0.25) is 15.9 Å². The zero-order chi connectivity index (χ0) is 23.6. The van der Waals surface area contributed by atoms with Crippen molar-refractivity contribution in [2.45, 2.75) is 62.2 Å². The number of nitrogens with one attached hydrogen (secondary N) is 1. The van der Waals surface area contributed by atoms with Crippen molar-refractivity contribution in [1.29, 1.82) is 0 Å². The number of amides is 1. The molecule has 2 aliphatic rings. The van der Waals surface area contributed by atoms with Crippen LogP contribution in [0.25, 0.3) is 0 Å². The molecule has 2 aromatic rings. The Bertz CT molecular complexity index is 1160. The first-order valence-electron chi connectivity index (χ1n) is 11.1. The molecule has 1 aliphatic heterocycles. The molecule has 0 radical (unpaired) electrons. The normalized spacial score (nSPS) is 18.7. The van der Waals surface area contributed by atoms with Crippen molar-refractivity contribution in [2.75, 3.05) is 23.3 Å². The Kier molecular flexibility index (Phi) is 6.62. The molecule has 0 saturated carbocycles. The average Bonchev–Trinajstić information content (AvgIpc) is 3.09. The summed E-state index contributed by atoms with van der Waals surface area (Å²) in [5, 5.41) is 7.85. The Morgan fingerprint density at radius 3 is 2.48 bits per heavy atom. The van der Waals surface area contributed by atoms with Gasteiger partial charge in [0.1, 0.15) is 0 Å². The Labute approximate surface area is 191 Å². The monoisotopic (exact) mass is 479 g/mol. The van der Waals surface area contributed by atoms with Gasteiger partial charge < -0.3 is 10.2 Å². The maximum absolute atomic E-state index is 14.0. The summed E-state index contributed by atoms with van der Waals surface area (Å²) in [6.45, 7) is 0.423. The second-order valence-electron chi connectivity index (χ2n) is 8.57. The van der Waals surface area contributed by atoms with E-state index in [2.05, 4.69) is 10.3 Å². The number of carbonyl (C=O) groups excluding carboxylic acids is 1. The predicted octanol–water partition coefficient (Wildman–Crippen LogP) is 3.27. The van der Waals surface area contributed by atoms with Gasteiger partial charge >= 0.3 is 0 Å². The van der Waals surface area contributed by atoms with Gasteiger partial charge in [-0.15, -0.1) is 0 Å². The van der Waals surface area contributed by atoms with E-state index < -0.39 is 21.9 Å². The van der Waals surface area contributed by atoms with E-state index in [1.807, 2.05) is 0 Å². The molecule has 2 heterocycles. The van der Waals surface area contributed by atoms with Gasteiger partial charge in [-0.05, 0) is 50.3 Å². The van der Waals surface area contributed by atoms with E-state index in [-0.39, 0.29) is 42.1 Å². The lowest BCUT2D eigenvalue weighted by Gasteiger charge is -2.25. The SMILES string of the molecule is NS(=O)(=O)c1cccc(NC(=O)c2nc3c(nc2N2CCCC(F)(F)CC2)CCCCC3)c1. The Balaban J connectivity index is 1.70. The number of fused-ring (bicyclic) bond motifs is 1. The number of halogens is 2. The number of hydrogen-bond donors (Lipinski definition) is 2. The highest BCUT2D eigenvalue weighted by atomic mass is 32.2. The maximum atomic E-state index is 14.0. The number of benzene rings is 1. The second-order valence-corrected chi connectivity index (χ2v) is 10.1. The second kappa shape index (κ2) is 9.30. The Morgan fingerprint density at radius 2 is 1.76 bits per heavy atom. The number of sulfonamides is 1. The third kappa shape index (κ3) is 5.64. The van der Waals surface area contributed by atoms with E-state index in [1.54, 1.807) is 4.90 Å². The number of rotatable bonds is 4. The number of nitrogens with zero attached hydrogens (tertiary/aromatic N) is 3. The van der Waals surface area contributed by atoms with E-state index >= 15 is 0 Å². The molecule has 0 unspecified atom stereocenters. The number of aryl methyl sites for hydroxylation is 2. The smallest absolute Gasteiger partial charge is 0.278 e. The zero-order valence-corrected chi connectivity index (χ0v) is 19.0. The highest BCUT2D eigenvalue weighted by Gasteiger charge is 2.34. The molecule has 1 saturated heterocycles. The van der Waals surface area contributed by atoms with Crippen LogP contribution in [0.2, 0.25) is 0 Å². The van der Waals surface area contributed by atoms with Crippen molar-refractivity contribution in [2.24, 2.45) is 5.14 Å². The Morgan fingerprint density at radius 1 is 1.03 bits per heavy atom. The third-order valence-corrected chi connectivity index (χ3v) is 6.92. The van der Waals surface area contributed by atoms with E-state index in [0.29, 0.717) is 18.8 Å². The third-order valence-electron chi connectivity index (χ3n) is 6.01. The fourth-order valence-electron chi connectivity index (χ4n) is 4.25. The minimum atomic E-state index is -3.94. The van der Waals surface area contributed by atoms with Gasteiger partial charge in [-0.25, -0.2) is 32.3 Å². The molecule has 1 amide bonds. The number of anilines is 2. The molecule has 33 heavy (non-hydrogen) atoms. The molecule has 178 valence electrons. The van der Waals surface area contributed by atoms with E-state index in [4.69, 9.17) is 10.1 Å². The summed E-state index contributed by atoms with van der Waals surface area (Å²) < 4.78 is 51.2. The van der Waals surface area contributed by atoms with Gasteiger partial charge in [-0.1, -0.05) is 12.5 Å². The standard InChI is InChI=1S/C22H27F2N5O3S/c23-22(24)10-5-12-29(13-11-22)20-19(27-17-8-2-1-3-9-18(17)28-20)21(30)26-15-6-4-7-16(14-15)33(25,31)32/h4,6-7,14H,1-3,5,8-13H2,(H,26,30)(H2,25,31,32). The quantitative estimate of drug-likeness (QED) is 0.650. The first kappa shape index (κ1) is 23.5. The van der Waals surface area contributed by atoms with Crippen molar-refractivity contribution in [1.82, 2.24) is 9.97 Å². The number of primary sulfonamides is 1. The summed E-state index contributed by atoms with van der Waals surface area (Å²) in [6.07, 6.45) is 4.13. The van der Waals surface area contributed by atoms with Gasteiger partial charge in [0.05, 0.1) is 16.3 Å². The molecule has 0 atom stereocenters. The summed E-state index contributed by atoms with van der Waals surface area (Å²) >= 11 is 0. The van der Waals surface area contributed by atoms with Crippen molar-refractivity contribution >= 4 is 27.4 Å². The highest BCUT2D eigenvalue weighted by molar-refractivity contribution is 7.89. The van der Waals surface area contributed by atoms with Crippen molar-refractivity contribution < 1.29 is 22.0 Å². The minimum Gasteiger partial charge on any atom is -0.354 e. The van der Waals surface area contributed by atoms with Crippen LogP contribution in [0.1, 0.15) is 60.4 Å². The van der Waals surface area contributed by atoms with Gasteiger partial charge in [-0.2, -0.15) is 0 Å². The van der Waals surface area contributed by atoms with Crippen LogP contribution in [0.4, 0.5) is 20.3 Å². The molecule has 1 aliphatic carbocycles. The van der Waals surface area contributed by atoms with Crippen LogP contribution < -0.4 is 15.4 Å². The van der Waals surface area contributed by atoms with Crippen LogP contribution in [-0.4, -0.2) is 43.3 Å². The molecular weight excluding hydrogens is 452 g/mol. The Hall–Kier alpha value is -2.66. The van der Waals surface area contributed by atoms with Crippen molar-refractivity contribution in [3.05, 3.63) is 41.3 Å². The first-order valence-corrected chi connectivity index (χ1v) is 12.6. The van der Waals surface area contributed by atoms with Crippen LogP contribution in [-0.2, 0) is 22.9 Å². The fraction of sp³-hybridized carbons (Fsp3) is 0.500. The zero-order valence-electron chi connectivity index (χ0n) is 18.2. The lowest BCUT2D eigenvalue weighted by atomic mass is 10.1. The first-order chi connectivity index (χ1) is 15.6. The molecular formula is C22H27F2N5O3S. The lowest BCUT2D eigenvalue weighted by molar-refractivity contribution is -0.0102. The topological polar surface area (TPSA) is 118 Å². The number of nitrogens with two attached hydrogens (primary N) is 1. The summed E-state index contributed by atoms with van der Waals surface area (Å²) in [5.74, 6) is -3.02.